The van der Waals surface area contributed by atoms with E-state index in [0.717, 1.165) is 32.1 Å². The van der Waals surface area contributed by atoms with E-state index in [9.17, 15) is 20.1 Å². The van der Waals surface area contributed by atoms with Crippen molar-refractivity contribution in [2.45, 2.75) is 73.9 Å². The highest BCUT2D eigenvalue weighted by molar-refractivity contribution is 8.00. The SMILES string of the molecule is C[C@@H]1S[C@@H](C2CCCCC(NCC(=O)O)C2)[C@@H](O)[C@H](O)[C@@H]1O. The van der Waals surface area contributed by atoms with E-state index in [1.165, 1.54) is 0 Å². The largest absolute Gasteiger partial charge is 0.480 e. The molecule has 1 heterocycles. The molecular weight excluding hydrogens is 306 g/mol. The highest BCUT2D eigenvalue weighted by Crippen LogP contribution is 2.41. The molecular formula is C15H27NO5S. The number of carbonyl (C=O) groups is 1. The van der Waals surface area contributed by atoms with Gasteiger partial charge in [0.05, 0.1) is 18.8 Å². The topological polar surface area (TPSA) is 110 Å². The molecule has 22 heavy (non-hydrogen) atoms. The van der Waals surface area contributed by atoms with Crippen LogP contribution in [-0.4, -0.2) is 67.8 Å². The van der Waals surface area contributed by atoms with Crippen LogP contribution in [0.3, 0.4) is 0 Å². The van der Waals surface area contributed by atoms with Crippen molar-refractivity contribution in [3.63, 3.8) is 0 Å². The Labute approximate surface area is 135 Å². The smallest absolute Gasteiger partial charge is 0.317 e. The van der Waals surface area contributed by atoms with Gasteiger partial charge in [0, 0.05) is 16.5 Å². The van der Waals surface area contributed by atoms with Crippen molar-refractivity contribution in [3.05, 3.63) is 0 Å². The Bertz CT molecular complexity index is 383. The van der Waals surface area contributed by atoms with Gasteiger partial charge in [0.1, 0.15) is 6.10 Å². The van der Waals surface area contributed by atoms with Crippen molar-refractivity contribution < 1.29 is 25.2 Å². The van der Waals surface area contributed by atoms with Gasteiger partial charge in [-0.15, -0.1) is 11.8 Å². The summed E-state index contributed by atoms with van der Waals surface area (Å²) in [5.41, 5.74) is 0. The normalized spacial score (nSPS) is 43.5. The lowest BCUT2D eigenvalue weighted by Gasteiger charge is -2.42. The third-order valence-corrected chi connectivity index (χ3v) is 6.55. The van der Waals surface area contributed by atoms with E-state index in [0.29, 0.717) is 0 Å². The molecule has 1 saturated carbocycles. The maximum Gasteiger partial charge on any atom is 0.317 e. The van der Waals surface area contributed by atoms with Gasteiger partial charge in [-0.1, -0.05) is 19.8 Å². The summed E-state index contributed by atoms with van der Waals surface area (Å²) in [5, 5.41) is 41.9. The van der Waals surface area contributed by atoms with Crippen LogP contribution in [0.2, 0.25) is 0 Å². The van der Waals surface area contributed by atoms with Gasteiger partial charge in [-0.05, 0) is 25.2 Å². The fourth-order valence-corrected chi connectivity index (χ4v) is 5.20. The second kappa shape index (κ2) is 7.97. The predicted octanol–water partition coefficient (Wildman–Crippen LogP) is 0.196. The van der Waals surface area contributed by atoms with Gasteiger partial charge in [-0.3, -0.25) is 4.79 Å². The third-order valence-electron chi connectivity index (χ3n) is 4.86. The van der Waals surface area contributed by atoms with Crippen LogP contribution in [0.25, 0.3) is 0 Å². The van der Waals surface area contributed by atoms with Crippen LogP contribution in [0.4, 0.5) is 0 Å². The lowest BCUT2D eigenvalue weighted by atomic mass is 9.87. The van der Waals surface area contributed by atoms with Gasteiger partial charge in [-0.2, -0.15) is 0 Å². The zero-order valence-corrected chi connectivity index (χ0v) is 13.7. The minimum absolute atomic E-state index is 0.0461. The number of hydrogen-bond donors (Lipinski definition) is 5. The zero-order chi connectivity index (χ0) is 16.3. The van der Waals surface area contributed by atoms with Gasteiger partial charge < -0.3 is 25.7 Å². The van der Waals surface area contributed by atoms with Crippen LogP contribution in [0, 0.1) is 5.92 Å². The monoisotopic (exact) mass is 333 g/mol. The molecule has 0 aromatic carbocycles. The fraction of sp³-hybridized carbons (Fsp3) is 0.933. The molecule has 2 aliphatic rings. The summed E-state index contributed by atoms with van der Waals surface area (Å²) < 4.78 is 0. The van der Waals surface area contributed by atoms with Gasteiger partial charge in [-0.25, -0.2) is 0 Å². The quantitative estimate of drug-likeness (QED) is 0.467. The van der Waals surface area contributed by atoms with Gasteiger partial charge in [0.15, 0.2) is 0 Å². The molecule has 2 unspecified atom stereocenters. The molecule has 0 aromatic rings. The summed E-state index contributed by atoms with van der Waals surface area (Å²) in [6.45, 7) is 1.82. The molecule has 0 bridgehead atoms. The fourth-order valence-electron chi connectivity index (χ4n) is 3.59. The lowest BCUT2D eigenvalue weighted by Crippen LogP contribution is -2.54. The van der Waals surface area contributed by atoms with Crippen molar-refractivity contribution in [1.29, 1.82) is 0 Å². The van der Waals surface area contributed by atoms with Crippen molar-refractivity contribution >= 4 is 17.7 Å². The molecule has 0 radical (unpaired) electrons. The third kappa shape index (κ3) is 4.35. The summed E-state index contributed by atoms with van der Waals surface area (Å²) >= 11 is 1.54. The van der Waals surface area contributed by atoms with E-state index >= 15 is 0 Å². The molecule has 0 spiro atoms. The second-order valence-electron chi connectivity index (χ2n) is 6.53. The Balaban J connectivity index is 2.00. The van der Waals surface area contributed by atoms with E-state index in [1.54, 1.807) is 11.8 Å². The summed E-state index contributed by atoms with van der Waals surface area (Å²) in [6.07, 6.45) is 1.87. The number of hydrogen-bond acceptors (Lipinski definition) is 6. The van der Waals surface area contributed by atoms with Crippen molar-refractivity contribution in [1.82, 2.24) is 5.32 Å². The standard InChI is InChI=1S/C15H27NO5S/c1-8-12(19)13(20)14(21)15(22-8)9-4-2-3-5-10(6-9)16-7-11(17)18/h8-10,12-16,19-21H,2-7H2,1H3,(H,17,18)/t8-,9?,10?,12+,13+,14-,15-/m0/s1. The van der Waals surface area contributed by atoms with Crippen molar-refractivity contribution in [2.75, 3.05) is 6.54 Å². The molecule has 2 fully saturated rings. The molecule has 1 saturated heterocycles. The first-order valence-electron chi connectivity index (χ1n) is 8.05. The Morgan fingerprint density at radius 1 is 1.14 bits per heavy atom. The Morgan fingerprint density at radius 3 is 2.50 bits per heavy atom. The number of thioether (sulfide) groups is 1. The first-order valence-corrected chi connectivity index (χ1v) is 8.99. The Kier molecular flexibility index (Phi) is 6.52. The molecule has 2 rings (SSSR count). The zero-order valence-electron chi connectivity index (χ0n) is 12.9. The Morgan fingerprint density at radius 2 is 1.82 bits per heavy atom. The highest BCUT2D eigenvalue weighted by atomic mass is 32.2. The average molecular weight is 333 g/mol. The van der Waals surface area contributed by atoms with Crippen LogP contribution in [-0.2, 0) is 4.79 Å². The molecule has 0 aromatic heterocycles. The molecule has 0 amide bonds. The van der Waals surface area contributed by atoms with Crippen LogP contribution in [0.5, 0.6) is 0 Å². The lowest BCUT2D eigenvalue weighted by molar-refractivity contribution is -0.136. The molecule has 128 valence electrons. The molecule has 1 aliphatic heterocycles. The number of aliphatic hydroxyl groups is 3. The molecule has 5 N–H and O–H groups in total. The summed E-state index contributed by atoms with van der Waals surface area (Å²) in [5.74, 6) is -0.640. The van der Waals surface area contributed by atoms with Crippen LogP contribution < -0.4 is 5.32 Å². The van der Waals surface area contributed by atoms with Gasteiger partial charge in [0.2, 0.25) is 0 Å². The minimum Gasteiger partial charge on any atom is -0.480 e. The summed E-state index contributed by atoms with van der Waals surface area (Å²) in [6, 6.07) is 0.135. The number of aliphatic hydroxyl groups excluding tert-OH is 3. The van der Waals surface area contributed by atoms with Gasteiger partial charge in [0.25, 0.3) is 0 Å². The second-order valence-corrected chi connectivity index (χ2v) is 8.09. The maximum absolute atomic E-state index is 10.7. The van der Waals surface area contributed by atoms with E-state index in [4.69, 9.17) is 5.11 Å². The molecule has 6 nitrogen and oxygen atoms in total. The van der Waals surface area contributed by atoms with E-state index in [-0.39, 0.29) is 29.0 Å². The predicted molar refractivity (Wildman–Crippen MR) is 84.9 cm³/mol. The number of carboxylic acids is 1. The molecule has 7 atom stereocenters. The number of carboxylic acid groups (broad SMARTS) is 1. The number of aliphatic carboxylic acids is 1. The van der Waals surface area contributed by atoms with Gasteiger partial charge >= 0.3 is 5.97 Å². The number of rotatable bonds is 4. The average Bonchev–Trinajstić information content (AvgIpc) is 2.72. The van der Waals surface area contributed by atoms with Crippen molar-refractivity contribution in [2.24, 2.45) is 5.92 Å². The molecule has 7 heteroatoms. The highest BCUT2D eigenvalue weighted by Gasteiger charge is 2.44. The van der Waals surface area contributed by atoms with E-state index in [2.05, 4.69) is 5.32 Å². The first-order chi connectivity index (χ1) is 10.4. The van der Waals surface area contributed by atoms with Crippen molar-refractivity contribution in [3.8, 4) is 0 Å². The molecule has 1 aliphatic carbocycles. The minimum atomic E-state index is -1.10. The first kappa shape index (κ1) is 18.0. The van der Waals surface area contributed by atoms with E-state index < -0.39 is 24.3 Å². The summed E-state index contributed by atoms with van der Waals surface area (Å²) in [7, 11) is 0. The number of nitrogens with one attached hydrogen (secondary N) is 1. The Hall–Kier alpha value is -0.340. The van der Waals surface area contributed by atoms with Crippen LogP contribution in [0.1, 0.15) is 39.0 Å². The maximum atomic E-state index is 10.7. The summed E-state index contributed by atoms with van der Waals surface area (Å²) in [4.78, 5) is 10.7. The van der Waals surface area contributed by atoms with Crippen LogP contribution >= 0.6 is 11.8 Å². The van der Waals surface area contributed by atoms with E-state index in [1.807, 2.05) is 6.92 Å². The van der Waals surface area contributed by atoms with Crippen LogP contribution in [0.15, 0.2) is 0 Å².